The topological polar surface area (TPSA) is 118 Å². The van der Waals surface area contributed by atoms with Crippen molar-refractivity contribution >= 4 is 16.9 Å². The number of nitrogens with one attached hydrogen (secondary N) is 3. The van der Waals surface area contributed by atoms with Crippen LogP contribution in [0.4, 0.5) is 5.95 Å². The predicted molar refractivity (Wildman–Crippen MR) is 73.8 cm³/mol. The van der Waals surface area contributed by atoms with E-state index >= 15 is 0 Å². The van der Waals surface area contributed by atoms with Gasteiger partial charge in [0.2, 0.25) is 0 Å². The Morgan fingerprint density at radius 3 is 3.00 bits per heavy atom. The monoisotopic (exact) mass is 288 g/mol. The van der Waals surface area contributed by atoms with Crippen molar-refractivity contribution in [1.82, 2.24) is 25.4 Å². The molecule has 0 spiro atoms. The maximum absolute atomic E-state index is 11.4. The first-order valence-corrected chi connectivity index (χ1v) is 6.17. The Morgan fingerprint density at radius 2 is 2.14 bits per heavy atom. The van der Waals surface area contributed by atoms with E-state index in [1.807, 2.05) is 0 Å². The summed E-state index contributed by atoms with van der Waals surface area (Å²) in [6.07, 6.45) is 2.97. The maximum Gasteiger partial charge on any atom is 0.271 e. The van der Waals surface area contributed by atoms with Gasteiger partial charge in [-0.05, 0) is 12.1 Å². The first-order chi connectivity index (χ1) is 10.3. The summed E-state index contributed by atoms with van der Waals surface area (Å²) in [6, 6.07) is 5.16. The molecule has 0 amide bonds. The first-order valence-electron chi connectivity index (χ1n) is 6.17. The number of nitrogens with zero attached hydrogens (tertiary/aromatic N) is 3. The quantitative estimate of drug-likeness (QED) is 0.445. The fourth-order valence-corrected chi connectivity index (χ4v) is 1.72. The Bertz CT molecular complexity index is 769. The van der Waals surface area contributed by atoms with Crippen molar-refractivity contribution in [3.05, 3.63) is 40.9 Å². The number of aromatic nitrogens is 5. The SMILES string of the molecule is O=c1[nH][nH]c2cc(OCCONc3nccnn3)ccc12. The fourth-order valence-electron chi connectivity index (χ4n) is 1.72. The van der Waals surface area contributed by atoms with E-state index < -0.39 is 0 Å². The van der Waals surface area contributed by atoms with Gasteiger partial charge >= 0.3 is 0 Å². The highest BCUT2D eigenvalue weighted by Crippen LogP contribution is 2.16. The van der Waals surface area contributed by atoms with Crippen molar-refractivity contribution < 1.29 is 9.57 Å². The maximum atomic E-state index is 11.4. The number of fused-ring (bicyclic) bond motifs is 1. The van der Waals surface area contributed by atoms with Crippen LogP contribution in [0.5, 0.6) is 5.75 Å². The van der Waals surface area contributed by atoms with Gasteiger partial charge in [-0.1, -0.05) is 0 Å². The number of rotatable bonds is 6. The van der Waals surface area contributed by atoms with Crippen LogP contribution >= 0.6 is 0 Å². The average molecular weight is 288 g/mol. The molecule has 3 aromatic rings. The summed E-state index contributed by atoms with van der Waals surface area (Å²) in [4.78, 5) is 20.4. The molecule has 3 N–H and O–H groups in total. The molecular weight excluding hydrogens is 276 g/mol. The normalized spacial score (nSPS) is 10.7. The standard InChI is InChI=1S/C12H12N6O3/c19-11-9-2-1-8(7-10(9)15-16-11)20-5-6-21-18-12-13-3-4-14-17-12/h1-4,7H,5-6H2,(H,13,17,18)(H2,15,16,19). The van der Waals surface area contributed by atoms with Gasteiger partial charge in [0.15, 0.2) is 0 Å². The van der Waals surface area contributed by atoms with E-state index in [4.69, 9.17) is 9.57 Å². The van der Waals surface area contributed by atoms with Crippen LogP contribution in [0.2, 0.25) is 0 Å². The number of hydrogen-bond acceptors (Lipinski definition) is 7. The molecule has 0 atom stereocenters. The number of aromatic amines is 2. The van der Waals surface area contributed by atoms with Crippen LogP contribution in [0.3, 0.4) is 0 Å². The van der Waals surface area contributed by atoms with Gasteiger partial charge in [-0.15, -0.1) is 5.10 Å². The molecule has 1 aromatic carbocycles. The molecule has 0 radical (unpaired) electrons. The fraction of sp³-hybridized carbons (Fsp3) is 0.167. The number of H-pyrrole nitrogens is 2. The second kappa shape index (κ2) is 6.01. The lowest BCUT2D eigenvalue weighted by molar-refractivity contribution is 0.141. The van der Waals surface area contributed by atoms with Crippen LogP contribution in [0.15, 0.2) is 35.4 Å². The summed E-state index contributed by atoms with van der Waals surface area (Å²) in [6.45, 7) is 0.618. The lowest BCUT2D eigenvalue weighted by Gasteiger charge is -2.07. The van der Waals surface area contributed by atoms with E-state index in [1.165, 1.54) is 12.4 Å². The summed E-state index contributed by atoms with van der Waals surface area (Å²) in [7, 11) is 0. The summed E-state index contributed by atoms with van der Waals surface area (Å²) in [5.41, 5.74) is 3.09. The molecule has 2 aromatic heterocycles. The van der Waals surface area contributed by atoms with E-state index in [-0.39, 0.29) is 11.5 Å². The van der Waals surface area contributed by atoms with E-state index in [0.717, 1.165) is 0 Å². The Hall–Kier alpha value is -2.94. The number of ether oxygens (including phenoxy) is 1. The van der Waals surface area contributed by atoms with Gasteiger partial charge in [0.25, 0.3) is 11.5 Å². The third-order valence-corrected chi connectivity index (χ3v) is 2.65. The highest BCUT2D eigenvalue weighted by Gasteiger charge is 2.02. The van der Waals surface area contributed by atoms with Gasteiger partial charge in [0.05, 0.1) is 23.3 Å². The van der Waals surface area contributed by atoms with Crippen molar-refractivity contribution in [1.29, 1.82) is 0 Å². The molecular formula is C12H12N6O3. The van der Waals surface area contributed by atoms with E-state index in [2.05, 4.69) is 30.9 Å². The molecule has 0 aliphatic rings. The van der Waals surface area contributed by atoms with Gasteiger partial charge in [-0.3, -0.25) is 19.8 Å². The summed E-state index contributed by atoms with van der Waals surface area (Å²) in [5, 5.41) is 13.2. The molecule has 0 saturated heterocycles. The van der Waals surface area contributed by atoms with Gasteiger partial charge < -0.3 is 4.74 Å². The van der Waals surface area contributed by atoms with E-state index in [0.29, 0.717) is 29.9 Å². The molecule has 108 valence electrons. The second-order valence-corrected chi connectivity index (χ2v) is 4.05. The molecule has 0 unspecified atom stereocenters. The number of benzene rings is 1. The Kier molecular flexibility index (Phi) is 3.74. The smallest absolute Gasteiger partial charge is 0.271 e. The minimum atomic E-state index is -0.152. The minimum absolute atomic E-state index is 0.152. The molecule has 9 heteroatoms. The first kappa shape index (κ1) is 13.1. The molecule has 0 aliphatic carbocycles. The third-order valence-electron chi connectivity index (χ3n) is 2.65. The summed E-state index contributed by atoms with van der Waals surface area (Å²) in [5.74, 6) is 0.919. The van der Waals surface area contributed by atoms with Gasteiger partial charge in [0, 0.05) is 6.07 Å². The highest BCUT2D eigenvalue weighted by molar-refractivity contribution is 5.79. The third kappa shape index (κ3) is 3.15. The van der Waals surface area contributed by atoms with E-state index in [1.54, 1.807) is 18.2 Å². The van der Waals surface area contributed by atoms with Crippen molar-refractivity contribution in [2.45, 2.75) is 0 Å². The Labute approximate surface area is 118 Å². The largest absolute Gasteiger partial charge is 0.491 e. The Morgan fingerprint density at radius 1 is 1.19 bits per heavy atom. The highest BCUT2D eigenvalue weighted by atomic mass is 16.7. The lowest BCUT2D eigenvalue weighted by Crippen LogP contribution is -2.12. The number of hydrogen-bond donors (Lipinski definition) is 3. The number of anilines is 1. The van der Waals surface area contributed by atoms with Crippen LogP contribution in [0.1, 0.15) is 0 Å². The van der Waals surface area contributed by atoms with Crippen LogP contribution in [-0.2, 0) is 4.84 Å². The molecule has 0 aliphatic heterocycles. The molecule has 0 fully saturated rings. The molecule has 0 saturated carbocycles. The van der Waals surface area contributed by atoms with Crippen LogP contribution in [0, 0.1) is 0 Å². The zero-order chi connectivity index (χ0) is 14.5. The zero-order valence-electron chi connectivity index (χ0n) is 10.9. The van der Waals surface area contributed by atoms with Gasteiger partial charge in [-0.2, -0.15) is 5.10 Å². The molecule has 9 nitrogen and oxygen atoms in total. The predicted octanol–water partition coefficient (Wildman–Crippen LogP) is 0.464. The van der Waals surface area contributed by atoms with E-state index in [9.17, 15) is 4.79 Å². The van der Waals surface area contributed by atoms with Crippen molar-refractivity contribution in [3.8, 4) is 5.75 Å². The average Bonchev–Trinajstić information content (AvgIpc) is 2.89. The minimum Gasteiger partial charge on any atom is -0.491 e. The Balaban J connectivity index is 1.47. The molecule has 0 bridgehead atoms. The zero-order valence-corrected chi connectivity index (χ0v) is 10.9. The second-order valence-electron chi connectivity index (χ2n) is 4.05. The van der Waals surface area contributed by atoms with Crippen LogP contribution < -0.4 is 15.8 Å². The van der Waals surface area contributed by atoms with Crippen molar-refractivity contribution in [3.63, 3.8) is 0 Å². The summed E-state index contributed by atoms with van der Waals surface area (Å²) >= 11 is 0. The van der Waals surface area contributed by atoms with Crippen molar-refractivity contribution in [2.75, 3.05) is 18.7 Å². The molecule has 21 heavy (non-hydrogen) atoms. The lowest BCUT2D eigenvalue weighted by atomic mass is 10.2. The van der Waals surface area contributed by atoms with Crippen molar-refractivity contribution in [2.24, 2.45) is 0 Å². The van der Waals surface area contributed by atoms with Crippen LogP contribution in [0.25, 0.3) is 10.9 Å². The molecule has 3 rings (SSSR count). The van der Waals surface area contributed by atoms with Gasteiger partial charge in [0.1, 0.15) is 19.0 Å². The van der Waals surface area contributed by atoms with Gasteiger partial charge in [-0.25, -0.2) is 10.5 Å². The summed E-state index contributed by atoms with van der Waals surface area (Å²) < 4.78 is 5.50. The van der Waals surface area contributed by atoms with Crippen LogP contribution in [-0.4, -0.2) is 38.6 Å². The molecule has 2 heterocycles.